The van der Waals surface area contributed by atoms with E-state index < -0.39 is 0 Å². The van der Waals surface area contributed by atoms with Crippen LogP contribution in [0.25, 0.3) is 0 Å². The summed E-state index contributed by atoms with van der Waals surface area (Å²) in [5.41, 5.74) is 1.21. The van der Waals surface area contributed by atoms with Crippen molar-refractivity contribution >= 4 is 11.6 Å². The maximum absolute atomic E-state index is 6.49. The zero-order valence-electron chi connectivity index (χ0n) is 10.9. The minimum atomic E-state index is 0.238. The van der Waals surface area contributed by atoms with Crippen LogP contribution in [0.5, 0.6) is 5.75 Å². The average molecular weight is 266 g/mol. The molecule has 0 bridgehead atoms. The van der Waals surface area contributed by atoms with Gasteiger partial charge in [-0.1, -0.05) is 19.3 Å². The van der Waals surface area contributed by atoms with E-state index in [0.717, 1.165) is 17.9 Å². The first-order chi connectivity index (χ1) is 8.72. The molecule has 2 saturated carbocycles. The van der Waals surface area contributed by atoms with Gasteiger partial charge < -0.3 is 4.74 Å². The third-order valence-corrected chi connectivity index (χ3v) is 5.31. The van der Waals surface area contributed by atoms with E-state index in [9.17, 15) is 0 Å². The minimum Gasteiger partial charge on any atom is -0.488 e. The Hall–Kier alpha value is -0.760. The van der Waals surface area contributed by atoms with Crippen LogP contribution in [0.1, 0.15) is 44.2 Å². The molecule has 2 atom stereocenters. The molecule has 1 aromatic heterocycles. The summed E-state index contributed by atoms with van der Waals surface area (Å²) in [6, 6.07) is 3.95. The smallest absolute Gasteiger partial charge is 0.140 e. The topological polar surface area (TPSA) is 22.1 Å². The molecule has 1 heterocycles. The Morgan fingerprint density at radius 3 is 2.78 bits per heavy atom. The van der Waals surface area contributed by atoms with E-state index in [1.807, 2.05) is 25.3 Å². The molecule has 1 spiro atoms. The van der Waals surface area contributed by atoms with Crippen molar-refractivity contribution in [3.05, 3.63) is 24.0 Å². The highest BCUT2D eigenvalue weighted by molar-refractivity contribution is 6.21. The molecule has 98 valence electrons. The summed E-state index contributed by atoms with van der Waals surface area (Å²) < 4.78 is 6.20. The number of nitrogens with zero attached hydrogens (tertiary/aromatic N) is 1. The van der Waals surface area contributed by atoms with Crippen LogP contribution in [0.3, 0.4) is 0 Å². The Morgan fingerprint density at radius 1 is 1.33 bits per heavy atom. The number of hydrogen-bond acceptors (Lipinski definition) is 2. The van der Waals surface area contributed by atoms with Crippen molar-refractivity contribution in [2.24, 2.45) is 5.41 Å². The molecule has 1 aromatic rings. The van der Waals surface area contributed by atoms with Gasteiger partial charge in [-0.05, 0) is 31.9 Å². The van der Waals surface area contributed by atoms with Crippen LogP contribution in [-0.4, -0.2) is 16.5 Å². The third-order valence-electron chi connectivity index (χ3n) is 4.70. The van der Waals surface area contributed by atoms with Crippen molar-refractivity contribution < 1.29 is 4.74 Å². The Morgan fingerprint density at radius 2 is 2.11 bits per heavy atom. The van der Waals surface area contributed by atoms with Gasteiger partial charge in [-0.25, -0.2) is 0 Å². The molecule has 2 nitrogen and oxygen atoms in total. The standard InChI is InChI=1S/C15H20ClNO/c1-11-12(6-5-9-17-11)18-14-10-13(16)15(14)7-3-2-4-8-15/h5-6,9,13-14H,2-4,7-8,10H2,1H3. The molecule has 0 radical (unpaired) electrons. The van der Waals surface area contributed by atoms with Gasteiger partial charge in [0.05, 0.1) is 5.69 Å². The molecule has 2 unspecified atom stereocenters. The highest BCUT2D eigenvalue weighted by Crippen LogP contribution is 2.55. The second-order valence-corrected chi connectivity index (χ2v) is 6.22. The molecule has 2 aliphatic carbocycles. The summed E-state index contributed by atoms with van der Waals surface area (Å²) in [5, 5.41) is 0.305. The molecular weight excluding hydrogens is 246 g/mol. The van der Waals surface area contributed by atoms with Crippen LogP contribution in [0, 0.1) is 12.3 Å². The molecule has 2 fully saturated rings. The number of pyridine rings is 1. The highest BCUT2D eigenvalue weighted by atomic mass is 35.5. The number of halogens is 1. The van der Waals surface area contributed by atoms with E-state index in [2.05, 4.69) is 4.98 Å². The molecule has 2 aliphatic rings. The van der Waals surface area contributed by atoms with E-state index in [0.29, 0.717) is 11.5 Å². The molecule has 0 amide bonds. The second-order valence-electron chi connectivity index (χ2n) is 5.69. The van der Waals surface area contributed by atoms with E-state index >= 15 is 0 Å². The maximum atomic E-state index is 6.49. The van der Waals surface area contributed by atoms with E-state index in [1.54, 1.807) is 0 Å². The third kappa shape index (κ3) is 1.91. The van der Waals surface area contributed by atoms with Gasteiger partial charge in [0, 0.05) is 23.4 Å². The minimum absolute atomic E-state index is 0.238. The zero-order valence-corrected chi connectivity index (χ0v) is 11.6. The lowest BCUT2D eigenvalue weighted by Crippen LogP contribution is -2.58. The summed E-state index contributed by atoms with van der Waals surface area (Å²) >= 11 is 6.49. The maximum Gasteiger partial charge on any atom is 0.140 e. The fourth-order valence-corrected chi connectivity index (χ4v) is 3.98. The van der Waals surface area contributed by atoms with E-state index in [1.165, 1.54) is 32.1 Å². The molecule has 0 saturated heterocycles. The lowest BCUT2D eigenvalue weighted by atomic mass is 9.58. The number of aromatic nitrogens is 1. The first-order valence-corrected chi connectivity index (χ1v) is 7.38. The largest absolute Gasteiger partial charge is 0.488 e. The lowest BCUT2D eigenvalue weighted by molar-refractivity contribution is -0.0654. The normalized spacial score (nSPS) is 29.9. The molecule has 18 heavy (non-hydrogen) atoms. The Bertz CT molecular complexity index is 428. The highest BCUT2D eigenvalue weighted by Gasteiger charge is 2.55. The second kappa shape index (κ2) is 4.73. The predicted molar refractivity (Wildman–Crippen MR) is 73.2 cm³/mol. The number of ether oxygens (including phenoxy) is 1. The van der Waals surface area contributed by atoms with E-state index in [4.69, 9.17) is 16.3 Å². The molecule has 0 N–H and O–H groups in total. The van der Waals surface area contributed by atoms with Gasteiger partial charge in [0.25, 0.3) is 0 Å². The van der Waals surface area contributed by atoms with Crippen molar-refractivity contribution in [1.29, 1.82) is 0 Å². The van der Waals surface area contributed by atoms with E-state index in [-0.39, 0.29) is 5.41 Å². The molecular formula is C15H20ClNO. The Kier molecular flexibility index (Phi) is 3.23. The average Bonchev–Trinajstić information content (AvgIpc) is 2.41. The first kappa shape index (κ1) is 12.3. The van der Waals surface area contributed by atoms with Crippen LogP contribution < -0.4 is 4.74 Å². The summed E-state index contributed by atoms with van der Waals surface area (Å²) in [7, 11) is 0. The van der Waals surface area contributed by atoms with Gasteiger partial charge >= 0.3 is 0 Å². The van der Waals surface area contributed by atoms with Gasteiger partial charge in [0.1, 0.15) is 11.9 Å². The summed E-state index contributed by atoms with van der Waals surface area (Å²) in [5.74, 6) is 0.927. The fourth-order valence-electron chi connectivity index (χ4n) is 3.46. The number of alkyl halides is 1. The van der Waals surface area contributed by atoms with Crippen LogP contribution in [-0.2, 0) is 0 Å². The SMILES string of the molecule is Cc1ncccc1OC1CC(Cl)C12CCCCC2. The summed E-state index contributed by atoms with van der Waals surface area (Å²) in [6.45, 7) is 2.00. The summed E-state index contributed by atoms with van der Waals surface area (Å²) in [4.78, 5) is 4.29. The predicted octanol–water partition coefficient (Wildman–Crippen LogP) is 4.10. The van der Waals surface area contributed by atoms with Gasteiger partial charge in [-0.15, -0.1) is 11.6 Å². The lowest BCUT2D eigenvalue weighted by Gasteiger charge is -2.55. The monoisotopic (exact) mass is 265 g/mol. The van der Waals surface area contributed by atoms with Crippen LogP contribution in [0.4, 0.5) is 0 Å². The van der Waals surface area contributed by atoms with Gasteiger partial charge in [-0.2, -0.15) is 0 Å². The fraction of sp³-hybridized carbons (Fsp3) is 0.667. The van der Waals surface area contributed by atoms with Gasteiger partial charge in [0.2, 0.25) is 0 Å². The molecule has 3 heteroatoms. The Balaban J connectivity index is 1.75. The van der Waals surface area contributed by atoms with Gasteiger partial charge in [0.15, 0.2) is 0 Å². The quantitative estimate of drug-likeness (QED) is 0.751. The van der Waals surface area contributed by atoms with Crippen molar-refractivity contribution in [3.8, 4) is 5.75 Å². The first-order valence-electron chi connectivity index (χ1n) is 6.95. The van der Waals surface area contributed by atoms with Crippen LogP contribution in [0.15, 0.2) is 18.3 Å². The molecule has 0 aromatic carbocycles. The van der Waals surface area contributed by atoms with Crippen LogP contribution in [0.2, 0.25) is 0 Å². The number of rotatable bonds is 2. The van der Waals surface area contributed by atoms with Crippen molar-refractivity contribution in [1.82, 2.24) is 4.98 Å². The van der Waals surface area contributed by atoms with Crippen molar-refractivity contribution in [2.45, 2.75) is 56.9 Å². The van der Waals surface area contributed by atoms with Gasteiger partial charge in [-0.3, -0.25) is 4.98 Å². The van der Waals surface area contributed by atoms with Crippen molar-refractivity contribution in [3.63, 3.8) is 0 Å². The Labute approximate surface area is 114 Å². The number of aryl methyl sites for hydroxylation is 1. The number of hydrogen-bond donors (Lipinski definition) is 0. The van der Waals surface area contributed by atoms with Crippen molar-refractivity contribution in [2.75, 3.05) is 0 Å². The van der Waals surface area contributed by atoms with Crippen LogP contribution >= 0.6 is 11.6 Å². The summed E-state index contributed by atoms with van der Waals surface area (Å²) in [6.07, 6.45) is 9.49. The molecule has 0 aliphatic heterocycles. The molecule has 3 rings (SSSR count). The zero-order chi connectivity index (χ0) is 12.6.